The van der Waals surface area contributed by atoms with E-state index in [2.05, 4.69) is 24.6 Å². The molecule has 0 aliphatic heterocycles. The van der Waals surface area contributed by atoms with Gasteiger partial charge in [0.2, 0.25) is 0 Å². The quantitative estimate of drug-likeness (QED) is 0.309. The number of aliphatic hydroxyl groups excluding tert-OH is 1. The second-order valence-corrected chi connectivity index (χ2v) is 10.7. The normalized spacial score (nSPS) is 21.2. The number of halogens is 3. The molecule has 2 heterocycles. The van der Waals surface area contributed by atoms with Crippen molar-refractivity contribution in [2.24, 2.45) is 11.1 Å². The first-order chi connectivity index (χ1) is 16.6. The van der Waals surface area contributed by atoms with Crippen molar-refractivity contribution < 1.29 is 26.5 Å². The van der Waals surface area contributed by atoms with Crippen LogP contribution < -0.4 is 10.5 Å². The fourth-order valence-corrected chi connectivity index (χ4v) is 4.96. The molecule has 1 aromatic carbocycles. The summed E-state index contributed by atoms with van der Waals surface area (Å²) in [7, 11) is -4.10. The molecule has 10 nitrogen and oxygen atoms in total. The van der Waals surface area contributed by atoms with Gasteiger partial charge in [0.15, 0.2) is 0 Å². The number of aromatic nitrogens is 4. The van der Waals surface area contributed by atoms with Gasteiger partial charge in [-0.25, -0.2) is 23.9 Å². The molecule has 0 saturated heterocycles. The van der Waals surface area contributed by atoms with Gasteiger partial charge in [-0.15, -0.1) is 0 Å². The van der Waals surface area contributed by atoms with E-state index in [1.165, 1.54) is 18.6 Å². The highest BCUT2D eigenvalue weighted by atomic mass is 127. The molecule has 14 heteroatoms. The summed E-state index contributed by atoms with van der Waals surface area (Å²) in [6.45, 7) is 0.175. The zero-order valence-corrected chi connectivity index (χ0v) is 21.2. The molecular weight excluding hydrogens is 597 g/mol. The van der Waals surface area contributed by atoms with Crippen LogP contribution >= 0.6 is 22.6 Å². The number of benzene rings is 1. The SMILES string of the molecule is NS(=O)(=O)OC[C@H]1CC(Nc2ncncc2C(O)c2ccn(Cc3ccc(F)c(I)c3)n2)[C@@H](F)C1. The molecule has 1 fully saturated rings. The molecule has 3 aromatic rings. The largest absolute Gasteiger partial charge is 0.382 e. The Morgan fingerprint density at radius 3 is 2.89 bits per heavy atom. The molecule has 188 valence electrons. The van der Waals surface area contributed by atoms with Gasteiger partial charge in [-0.1, -0.05) is 6.07 Å². The van der Waals surface area contributed by atoms with Crippen LogP contribution in [-0.2, 0) is 21.0 Å². The first kappa shape index (κ1) is 25.8. The van der Waals surface area contributed by atoms with Crippen molar-refractivity contribution in [3.8, 4) is 0 Å². The Morgan fingerprint density at radius 1 is 1.34 bits per heavy atom. The van der Waals surface area contributed by atoms with Crippen LogP contribution in [-0.4, -0.2) is 52.1 Å². The molecular formula is C21H23F2IN6O4S. The minimum absolute atomic E-state index is 0.100. The molecule has 1 saturated carbocycles. The lowest BCUT2D eigenvalue weighted by Crippen LogP contribution is -2.27. The van der Waals surface area contributed by atoms with Crippen molar-refractivity contribution in [2.75, 3.05) is 11.9 Å². The smallest absolute Gasteiger partial charge is 0.333 e. The minimum Gasteiger partial charge on any atom is -0.382 e. The van der Waals surface area contributed by atoms with Gasteiger partial charge in [0.25, 0.3) is 0 Å². The summed E-state index contributed by atoms with van der Waals surface area (Å²) in [6, 6.07) is 5.76. The monoisotopic (exact) mass is 620 g/mol. The number of hydrogen-bond acceptors (Lipinski definition) is 8. The van der Waals surface area contributed by atoms with E-state index in [1.807, 2.05) is 22.6 Å². The van der Waals surface area contributed by atoms with Crippen LogP contribution in [0.3, 0.4) is 0 Å². The van der Waals surface area contributed by atoms with Crippen molar-refractivity contribution in [1.29, 1.82) is 0 Å². The third kappa shape index (κ3) is 6.69. The van der Waals surface area contributed by atoms with Crippen LogP contribution in [0.5, 0.6) is 0 Å². The topological polar surface area (TPSA) is 145 Å². The zero-order valence-electron chi connectivity index (χ0n) is 18.3. The van der Waals surface area contributed by atoms with E-state index in [-0.39, 0.29) is 30.6 Å². The first-order valence-electron chi connectivity index (χ1n) is 10.6. The van der Waals surface area contributed by atoms with E-state index in [9.17, 15) is 22.3 Å². The summed E-state index contributed by atoms with van der Waals surface area (Å²) >= 11 is 1.92. The average Bonchev–Trinajstić information content (AvgIpc) is 3.41. The minimum atomic E-state index is -4.10. The first-order valence-corrected chi connectivity index (χ1v) is 13.2. The maximum absolute atomic E-state index is 14.6. The van der Waals surface area contributed by atoms with E-state index < -0.39 is 28.6 Å². The van der Waals surface area contributed by atoms with Gasteiger partial charge in [-0.3, -0.25) is 8.86 Å². The Hall–Kier alpha value is -2.27. The van der Waals surface area contributed by atoms with Gasteiger partial charge in [0.05, 0.1) is 24.9 Å². The molecule has 2 aromatic heterocycles. The summed E-state index contributed by atoms with van der Waals surface area (Å²) in [6.07, 6.45) is 2.32. The van der Waals surface area contributed by atoms with Crippen LogP contribution in [0, 0.1) is 15.3 Å². The number of nitrogens with one attached hydrogen (secondary N) is 1. The second-order valence-electron chi connectivity index (χ2n) is 8.30. The van der Waals surface area contributed by atoms with Gasteiger partial charge in [-0.2, -0.15) is 13.5 Å². The highest BCUT2D eigenvalue weighted by molar-refractivity contribution is 14.1. The van der Waals surface area contributed by atoms with Crippen molar-refractivity contribution in [2.45, 2.75) is 37.7 Å². The number of aliphatic hydroxyl groups is 1. The maximum Gasteiger partial charge on any atom is 0.333 e. The van der Waals surface area contributed by atoms with Crippen molar-refractivity contribution in [3.63, 3.8) is 0 Å². The summed E-state index contributed by atoms with van der Waals surface area (Å²) in [5.74, 6) is -0.395. The third-order valence-corrected chi connectivity index (χ3v) is 6.97. The average molecular weight is 620 g/mol. The Morgan fingerprint density at radius 2 is 2.14 bits per heavy atom. The number of nitrogens with two attached hydrogens (primary N) is 1. The molecule has 0 radical (unpaired) electrons. The Balaban J connectivity index is 1.45. The highest BCUT2D eigenvalue weighted by Crippen LogP contribution is 2.33. The lowest BCUT2D eigenvalue weighted by molar-refractivity contribution is 0.213. The van der Waals surface area contributed by atoms with Crippen molar-refractivity contribution in [3.05, 3.63) is 69.2 Å². The van der Waals surface area contributed by atoms with Crippen LogP contribution in [0.15, 0.2) is 43.0 Å². The van der Waals surface area contributed by atoms with Crippen LogP contribution in [0.1, 0.15) is 35.8 Å². The molecule has 1 aliphatic carbocycles. The molecule has 4 atom stereocenters. The van der Waals surface area contributed by atoms with Gasteiger partial charge in [0, 0.05) is 21.5 Å². The highest BCUT2D eigenvalue weighted by Gasteiger charge is 2.36. The fourth-order valence-electron chi connectivity index (χ4n) is 3.99. The number of alkyl halides is 1. The summed E-state index contributed by atoms with van der Waals surface area (Å²) < 4.78 is 56.9. The molecule has 4 rings (SSSR count). The van der Waals surface area contributed by atoms with Gasteiger partial charge < -0.3 is 10.4 Å². The second kappa shape index (κ2) is 10.8. The molecule has 0 bridgehead atoms. The summed E-state index contributed by atoms with van der Waals surface area (Å²) in [4.78, 5) is 8.13. The maximum atomic E-state index is 14.6. The van der Waals surface area contributed by atoms with E-state index in [1.54, 1.807) is 29.1 Å². The Kier molecular flexibility index (Phi) is 7.95. The van der Waals surface area contributed by atoms with E-state index in [0.717, 1.165) is 5.56 Å². The number of hydrogen-bond donors (Lipinski definition) is 3. The predicted octanol–water partition coefficient (Wildman–Crippen LogP) is 2.30. The van der Waals surface area contributed by atoms with Gasteiger partial charge >= 0.3 is 10.3 Å². The lowest BCUT2D eigenvalue weighted by Gasteiger charge is -2.19. The Bertz CT molecular complexity index is 1290. The van der Waals surface area contributed by atoms with Crippen molar-refractivity contribution >= 4 is 38.7 Å². The van der Waals surface area contributed by atoms with Crippen molar-refractivity contribution in [1.82, 2.24) is 19.7 Å². The molecule has 0 spiro atoms. The van der Waals surface area contributed by atoms with Crippen LogP contribution in [0.2, 0.25) is 0 Å². The van der Waals surface area contributed by atoms with Crippen LogP contribution in [0.4, 0.5) is 14.6 Å². The predicted molar refractivity (Wildman–Crippen MR) is 131 cm³/mol. The number of anilines is 1. The molecule has 35 heavy (non-hydrogen) atoms. The number of nitrogens with zero attached hydrogens (tertiary/aromatic N) is 4. The standard InChI is InChI=1S/C21H23F2IN6O4S/c22-15-2-1-12(6-17(15)24)9-30-4-3-18(29-30)20(31)14-8-26-11-27-21(14)28-19-7-13(5-16(19)23)10-34-35(25,32)33/h1-4,6,8,11,13,16,19-20,31H,5,7,9-10H2,(H2,25,32,33)(H,26,27,28)/t13-,16+,19?,20?/m1/s1. The molecule has 2 unspecified atom stereocenters. The van der Waals surface area contributed by atoms with Gasteiger partial charge in [0.1, 0.15) is 30.2 Å². The third-order valence-electron chi connectivity index (χ3n) is 5.68. The Labute approximate surface area is 214 Å². The summed E-state index contributed by atoms with van der Waals surface area (Å²) in [5, 5.41) is 23.2. The zero-order chi connectivity index (χ0) is 25.2. The van der Waals surface area contributed by atoms with E-state index in [0.29, 0.717) is 27.8 Å². The van der Waals surface area contributed by atoms with Gasteiger partial charge in [-0.05, 0) is 65.1 Å². The molecule has 1 aliphatic rings. The lowest BCUT2D eigenvalue weighted by atomic mass is 10.1. The van der Waals surface area contributed by atoms with E-state index in [4.69, 9.17) is 5.14 Å². The molecule has 0 amide bonds. The van der Waals surface area contributed by atoms with Crippen LogP contribution in [0.25, 0.3) is 0 Å². The fraction of sp³-hybridized carbons (Fsp3) is 0.381. The number of rotatable bonds is 9. The van der Waals surface area contributed by atoms with E-state index >= 15 is 0 Å². The summed E-state index contributed by atoms with van der Waals surface area (Å²) in [5.41, 5.74) is 1.49. The molecule has 4 N–H and O–H groups in total.